The van der Waals surface area contributed by atoms with Gasteiger partial charge in [0.25, 0.3) is 0 Å². The number of rotatable bonds is 6. The fourth-order valence-electron chi connectivity index (χ4n) is 4.55. The Morgan fingerprint density at radius 3 is 1.63 bits per heavy atom. The van der Waals surface area contributed by atoms with Gasteiger partial charge in [-0.15, -0.1) is 0 Å². The largest absolute Gasteiger partial charge is 0.390 e. The summed E-state index contributed by atoms with van der Waals surface area (Å²) in [6.07, 6.45) is -6.18. The maximum Gasteiger partial charge on any atom is 0.161 e. The van der Waals surface area contributed by atoms with Gasteiger partial charge in [-0.1, -0.05) is 0 Å². The third-order valence-electron chi connectivity index (χ3n) is 6.11. The van der Waals surface area contributed by atoms with Gasteiger partial charge >= 0.3 is 0 Å². The zero-order valence-corrected chi connectivity index (χ0v) is 18.2. The number of methoxy groups -OCH3 is 2. The molecule has 0 unspecified atom stereocenters. The molecule has 0 radical (unpaired) electrons. The normalized spacial score (nSPS) is 50.4. The molecule has 3 fully saturated rings. The van der Waals surface area contributed by atoms with Gasteiger partial charge < -0.3 is 48.5 Å². The predicted octanol–water partition coefficient (Wildman–Crippen LogP) is -0.0944. The minimum Gasteiger partial charge on any atom is -0.390 e. The minimum absolute atomic E-state index is 0.0614. The van der Waals surface area contributed by atoms with Crippen LogP contribution in [-0.4, -0.2) is 103 Å². The first kappa shape index (κ1) is 24.2. The van der Waals surface area contributed by atoms with Crippen molar-refractivity contribution < 1.29 is 48.5 Å². The molecule has 0 aromatic rings. The van der Waals surface area contributed by atoms with E-state index in [1.54, 1.807) is 28.1 Å². The molecular weight excluding hydrogens is 400 g/mol. The van der Waals surface area contributed by atoms with E-state index in [0.29, 0.717) is 6.42 Å². The highest BCUT2D eigenvalue weighted by molar-refractivity contribution is 4.88. The van der Waals surface area contributed by atoms with Crippen molar-refractivity contribution in [2.75, 3.05) is 14.2 Å². The Morgan fingerprint density at radius 2 is 1.13 bits per heavy atom. The van der Waals surface area contributed by atoms with Crippen molar-refractivity contribution in [3.8, 4) is 0 Å². The summed E-state index contributed by atoms with van der Waals surface area (Å²) >= 11 is 0. The molecule has 0 saturated carbocycles. The van der Waals surface area contributed by atoms with Crippen molar-refractivity contribution in [2.24, 2.45) is 0 Å². The molecule has 0 aliphatic carbocycles. The third kappa shape index (κ3) is 5.50. The summed E-state index contributed by atoms with van der Waals surface area (Å²) in [6, 6.07) is 0. The number of hydrogen-bond acceptors (Lipinski definition) is 10. The zero-order valence-electron chi connectivity index (χ0n) is 18.2. The van der Waals surface area contributed by atoms with Crippen LogP contribution in [0.25, 0.3) is 0 Å². The molecular formula is C20H36O10. The van der Waals surface area contributed by atoms with Gasteiger partial charge in [-0.2, -0.15) is 0 Å². The van der Waals surface area contributed by atoms with E-state index in [0.717, 1.165) is 0 Å². The predicted molar refractivity (Wildman–Crippen MR) is 102 cm³/mol. The number of aliphatic hydroxyl groups excluding tert-OH is 3. The smallest absolute Gasteiger partial charge is 0.161 e. The molecule has 176 valence electrons. The highest BCUT2D eigenvalue weighted by atomic mass is 16.7. The second-order valence-corrected chi connectivity index (χ2v) is 8.36. The van der Waals surface area contributed by atoms with Crippen LogP contribution in [0.3, 0.4) is 0 Å². The van der Waals surface area contributed by atoms with E-state index in [1.807, 2.05) is 6.92 Å². The van der Waals surface area contributed by atoms with Crippen molar-refractivity contribution in [3.63, 3.8) is 0 Å². The first-order valence-electron chi connectivity index (χ1n) is 10.6. The lowest BCUT2D eigenvalue weighted by molar-refractivity contribution is -0.332. The van der Waals surface area contributed by atoms with Crippen molar-refractivity contribution in [2.45, 2.75) is 114 Å². The summed E-state index contributed by atoms with van der Waals surface area (Å²) in [5, 5.41) is 30.5. The summed E-state index contributed by atoms with van der Waals surface area (Å²) in [4.78, 5) is 0. The first-order valence-corrected chi connectivity index (χ1v) is 10.6. The molecule has 3 rings (SSSR count). The Kier molecular flexibility index (Phi) is 8.47. The molecule has 0 aromatic carbocycles. The second-order valence-electron chi connectivity index (χ2n) is 8.36. The zero-order chi connectivity index (χ0) is 22.0. The fourth-order valence-corrected chi connectivity index (χ4v) is 4.55. The molecule has 10 nitrogen and oxygen atoms in total. The highest BCUT2D eigenvalue weighted by Gasteiger charge is 2.44. The van der Waals surface area contributed by atoms with Crippen LogP contribution >= 0.6 is 0 Å². The van der Waals surface area contributed by atoms with Crippen molar-refractivity contribution in [1.29, 1.82) is 0 Å². The third-order valence-corrected chi connectivity index (χ3v) is 6.11. The van der Waals surface area contributed by atoms with E-state index in [4.69, 9.17) is 33.2 Å². The highest BCUT2D eigenvalue weighted by Crippen LogP contribution is 2.32. The van der Waals surface area contributed by atoms with Crippen LogP contribution in [0, 0.1) is 0 Å². The molecule has 12 atom stereocenters. The van der Waals surface area contributed by atoms with Crippen molar-refractivity contribution in [1.82, 2.24) is 0 Å². The van der Waals surface area contributed by atoms with Crippen molar-refractivity contribution >= 4 is 0 Å². The molecule has 0 bridgehead atoms. The lowest BCUT2D eigenvalue weighted by Gasteiger charge is -2.44. The van der Waals surface area contributed by atoms with E-state index in [-0.39, 0.29) is 31.2 Å². The summed E-state index contributed by atoms with van der Waals surface area (Å²) in [5.41, 5.74) is 0. The van der Waals surface area contributed by atoms with Gasteiger partial charge in [0.1, 0.15) is 18.3 Å². The first-order chi connectivity index (χ1) is 14.2. The lowest BCUT2D eigenvalue weighted by Crippen LogP contribution is -2.56. The van der Waals surface area contributed by atoms with Crippen LogP contribution < -0.4 is 0 Å². The van der Waals surface area contributed by atoms with Gasteiger partial charge in [-0.25, -0.2) is 0 Å². The van der Waals surface area contributed by atoms with Gasteiger partial charge in [-0.3, -0.25) is 0 Å². The molecule has 3 heterocycles. The van der Waals surface area contributed by atoms with Crippen LogP contribution in [-0.2, 0) is 33.2 Å². The maximum absolute atomic E-state index is 10.7. The SMILES string of the molecule is CO[C@H]1[C@@H](OC)C[C@H](O[C@H]2[C@@H](O)C[C@H](O[C@H]3[C@@H](O)C[C@H](O)O[C@@H]3C)O[C@@H]2C)O[C@@H]1C. The Bertz CT molecular complexity index is 512. The van der Waals surface area contributed by atoms with E-state index in [9.17, 15) is 15.3 Å². The molecule has 3 N–H and O–H groups in total. The average Bonchev–Trinajstić information content (AvgIpc) is 2.67. The van der Waals surface area contributed by atoms with Crippen molar-refractivity contribution in [3.05, 3.63) is 0 Å². The standard InChI is InChI=1S/C20H36O10/c1-9-18(12(21)6-15(23)26-9)29-16-7-13(22)19(10(2)27-16)30-17-8-14(24-4)20(25-5)11(3)28-17/h9-23H,6-8H2,1-5H3/t9-,10-,11-,12+,13+,14+,15-,16+,17+,18-,19-,20-/m1/s1. The summed E-state index contributed by atoms with van der Waals surface area (Å²) in [5.74, 6) is 0. The Balaban J connectivity index is 1.55. The van der Waals surface area contributed by atoms with Crippen LogP contribution in [0.1, 0.15) is 40.0 Å². The lowest BCUT2D eigenvalue weighted by atomic mass is 9.99. The molecule has 10 heteroatoms. The van der Waals surface area contributed by atoms with Crippen LogP contribution in [0.15, 0.2) is 0 Å². The molecule has 3 aliphatic rings. The maximum atomic E-state index is 10.7. The Hall–Kier alpha value is -0.400. The number of ether oxygens (including phenoxy) is 7. The van der Waals surface area contributed by atoms with Crippen LogP contribution in [0.4, 0.5) is 0 Å². The molecule has 0 amide bonds. The average molecular weight is 436 g/mol. The van der Waals surface area contributed by atoms with Gasteiger partial charge in [0.05, 0.1) is 36.6 Å². The monoisotopic (exact) mass is 436 g/mol. The quantitative estimate of drug-likeness (QED) is 0.520. The van der Waals surface area contributed by atoms with Gasteiger partial charge in [-0.05, 0) is 20.8 Å². The van der Waals surface area contributed by atoms with Gasteiger partial charge in [0.15, 0.2) is 18.9 Å². The van der Waals surface area contributed by atoms with E-state index in [2.05, 4.69) is 0 Å². The molecule has 0 aromatic heterocycles. The van der Waals surface area contributed by atoms with Crippen LogP contribution in [0.5, 0.6) is 0 Å². The Labute approximate surface area is 177 Å². The number of hydrogen-bond donors (Lipinski definition) is 3. The fraction of sp³-hybridized carbons (Fsp3) is 1.00. The van der Waals surface area contributed by atoms with E-state index < -0.39 is 55.5 Å². The second kappa shape index (κ2) is 10.5. The van der Waals surface area contributed by atoms with Gasteiger partial charge in [0.2, 0.25) is 0 Å². The molecule has 30 heavy (non-hydrogen) atoms. The minimum atomic E-state index is -1.02. The molecule has 3 saturated heterocycles. The number of aliphatic hydroxyl groups is 3. The molecule has 0 spiro atoms. The van der Waals surface area contributed by atoms with E-state index >= 15 is 0 Å². The van der Waals surface area contributed by atoms with Crippen LogP contribution in [0.2, 0.25) is 0 Å². The summed E-state index contributed by atoms with van der Waals surface area (Å²) < 4.78 is 40.0. The molecule has 3 aliphatic heterocycles. The van der Waals surface area contributed by atoms with Gasteiger partial charge in [0, 0.05) is 33.5 Å². The van der Waals surface area contributed by atoms with E-state index in [1.165, 1.54) is 0 Å². The Morgan fingerprint density at radius 1 is 0.633 bits per heavy atom. The summed E-state index contributed by atoms with van der Waals surface area (Å²) in [7, 11) is 3.24. The topological polar surface area (TPSA) is 125 Å². The summed E-state index contributed by atoms with van der Waals surface area (Å²) in [6.45, 7) is 5.40.